The number of nitrogens with one attached hydrogen (secondary N) is 1. The van der Waals surface area contributed by atoms with Crippen LogP contribution in [0.15, 0.2) is 12.7 Å². The number of rotatable bonds is 9. The molecule has 1 atom stereocenters. The molecule has 114 valence electrons. The number of carboxylic acids is 1. The minimum Gasteiger partial charge on any atom is -0.480 e. The maximum atomic E-state index is 11.6. The van der Waals surface area contributed by atoms with Gasteiger partial charge in [-0.3, -0.25) is 0 Å². The molecule has 6 nitrogen and oxygen atoms in total. The van der Waals surface area contributed by atoms with Gasteiger partial charge in [-0.1, -0.05) is 6.08 Å². The second-order valence-corrected chi connectivity index (χ2v) is 4.85. The third kappa shape index (κ3) is 6.56. The minimum atomic E-state index is -1.06. The Hall–Kier alpha value is -1.56. The van der Waals surface area contributed by atoms with Gasteiger partial charge in [0.25, 0.3) is 0 Å². The normalized spacial score (nSPS) is 16.6. The monoisotopic (exact) mass is 285 g/mol. The van der Waals surface area contributed by atoms with Crippen LogP contribution in [0.2, 0.25) is 0 Å². The number of carboxylic acid groups (broad SMARTS) is 1. The zero-order chi connectivity index (χ0) is 14.8. The molecule has 0 aliphatic heterocycles. The Morgan fingerprint density at radius 3 is 2.70 bits per heavy atom. The van der Waals surface area contributed by atoms with Crippen molar-refractivity contribution in [2.75, 3.05) is 13.2 Å². The molecule has 0 heterocycles. The average molecular weight is 285 g/mol. The average Bonchev–Trinajstić information content (AvgIpc) is 2.89. The van der Waals surface area contributed by atoms with Gasteiger partial charge in [0, 0.05) is 6.61 Å². The molecule has 0 aromatic heterocycles. The van der Waals surface area contributed by atoms with Crippen molar-refractivity contribution in [1.82, 2.24) is 5.32 Å². The van der Waals surface area contributed by atoms with E-state index >= 15 is 0 Å². The van der Waals surface area contributed by atoms with Gasteiger partial charge in [-0.25, -0.2) is 9.59 Å². The molecule has 1 unspecified atom stereocenters. The predicted octanol–water partition coefficient (Wildman–Crippen LogP) is 2.09. The van der Waals surface area contributed by atoms with E-state index in [0.717, 1.165) is 25.7 Å². The van der Waals surface area contributed by atoms with E-state index in [2.05, 4.69) is 11.9 Å². The SMILES string of the molecule is C=CCOCCCC(NC(=O)OC1CCCC1)C(=O)O. The molecule has 20 heavy (non-hydrogen) atoms. The van der Waals surface area contributed by atoms with Crippen molar-refractivity contribution in [3.05, 3.63) is 12.7 Å². The fourth-order valence-corrected chi connectivity index (χ4v) is 2.15. The molecule has 1 fully saturated rings. The lowest BCUT2D eigenvalue weighted by Crippen LogP contribution is -2.42. The van der Waals surface area contributed by atoms with E-state index in [1.807, 2.05) is 0 Å². The summed E-state index contributed by atoms with van der Waals surface area (Å²) >= 11 is 0. The van der Waals surface area contributed by atoms with Gasteiger partial charge in [0.2, 0.25) is 0 Å². The first-order valence-corrected chi connectivity index (χ1v) is 7.02. The van der Waals surface area contributed by atoms with Gasteiger partial charge in [-0.2, -0.15) is 0 Å². The predicted molar refractivity (Wildman–Crippen MR) is 73.5 cm³/mol. The maximum Gasteiger partial charge on any atom is 0.408 e. The highest BCUT2D eigenvalue weighted by Crippen LogP contribution is 2.20. The van der Waals surface area contributed by atoms with E-state index in [-0.39, 0.29) is 6.10 Å². The molecule has 6 heteroatoms. The molecule has 1 aliphatic carbocycles. The van der Waals surface area contributed by atoms with Gasteiger partial charge in [0.05, 0.1) is 6.61 Å². The van der Waals surface area contributed by atoms with Crippen molar-refractivity contribution in [1.29, 1.82) is 0 Å². The van der Waals surface area contributed by atoms with Gasteiger partial charge in [0.1, 0.15) is 12.1 Å². The summed E-state index contributed by atoms with van der Waals surface area (Å²) in [7, 11) is 0. The maximum absolute atomic E-state index is 11.6. The molecular weight excluding hydrogens is 262 g/mol. The molecular formula is C14H23NO5. The Kier molecular flexibility index (Phi) is 7.72. The van der Waals surface area contributed by atoms with E-state index in [9.17, 15) is 9.59 Å². The number of hydrogen-bond donors (Lipinski definition) is 2. The fraction of sp³-hybridized carbons (Fsp3) is 0.714. The lowest BCUT2D eigenvalue weighted by atomic mass is 10.1. The van der Waals surface area contributed by atoms with Gasteiger partial charge in [-0.05, 0) is 38.5 Å². The zero-order valence-corrected chi connectivity index (χ0v) is 11.7. The van der Waals surface area contributed by atoms with Crippen molar-refractivity contribution < 1.29 is 24.2 Å². The van der Waals surface area contributed by atoms with Crippen LogP contribution in [0, 0.1) is 0 Å². The Labute approximate surface area is 119 Å². The van der Waals surface area contributed by atoms with Gasteiger partial charge >= 0.3 is 12.1 Å². The van der Waals surface area contributed by atoms with Crippen LogP contribution >= 0.6 is 0 Å². The Balaban J connectivity index is 2.24. The highest BCUT2D eigenvalue weighted by atomic mass is 16.6. The van der Waals surface area contributed by atoms with Crippen molar-refractivity contribution in [2.45, 2.75) is 50.7 Å². The number of ether oxygens (including phenoxy) is 2. The van der Waals surface area contributed by atoms with E-state index in [1.54, 1.807) is 6.08 Å². The van der Waals surface area contributed by atoms with Crippen molar-refractivity contribution in [2.24, 2.45) is 0 Å². The zero-order valence-electron chi connectivity index (χ0n) is 11.7. The first-order valence-electron chi connectivity index (χ1n) is 7.02. The highest BCUT2D eigenvalue weighted by molar-refractivity contribution is 5.79. The van der Waals surface area contributed by atoms with Crippen molar-refractivity contribution >= 4 is 12.1 Å². The largest absolute Gasteiger partial charge is 0.480 e. The van der Waals surface area contributed by atoms with E-state index in [1.165, 1.54) is 0 Å². The smallest absolute Gasteiger partial charge is 0.408 e. The third-order valence-corrected chi connectivity index (χ3v) is 3.18. The summed E-state index contributed by atoms with van der Waals surface area (Å²) in [5.41, 5.74) is 0. The second kappa shape index (κ2) is 9.36. The number of amides is 1. The van der Waals surface area contributed by atoms with Gasteiger partial charge in [0.15, 0.2) is 0 Å². The molecule has 1 aliphatic rings. The quantitative estimate of drug-likeness (QED) is 0.500. The number of carbonyl (C=O) groups excluding carboxylic acids is 1. The summed E-state index contributed by atoms with van der Waals surface area (Å²) in [5, 5.41) is 11.5. The minimum absolute atomic E-state index is 0.0691. The molecule has 1 rings (SSSR count). The van der Waals surface area contributed by atoms with Crippen LogP contribution in [-0.4, -0.2) is 42.5 Å². The van der Waals surface area contributed by atoms with Crippen LogP contribution in [-0.2, 0) is 14.3 Å². The first kappa shape index (κ1) is 16.5. The molecule has 1 amide bonds. The Morgan fingerprint density at radius 1 is 1.40 bits per heavy atom. The number of aliphatic carboxylic acids is 1. The summed E-state index contributed by atoms with van der Waals surface area (Å²) in [4.78, 5) is 22.7. The lowest BCUT2D eigenvalue weighted by Gasteiger charge is -2.17. The molecule has 0 radical (unpaired) electrons. The Morgan fingerprint density at radius 2 is 2.10 bits per heavy atom. The first-order chi connectivity index (χ1) is 9.63. The number of alkyl carbamates (subject to hydrolysis) is 1. The van der Waals surface area contributed by atoms with Gasteiger partial charge in [-0.15, -0.1) is 6.58 Å². The summed E-state index contributed by atoms with van der Waals surface area (Å²) in [5.74, 6) is -1.06. The molecule has 0 saturated heterocycles. The van der Waals surface area contributed by atoms with Crippen molar-refractivity contribution in [3.63, 3.8) is 0 Å². The lowest BCUT2D eigenvalue weighted by molar-refractivity contribution is -0.139. The topological polar surface area (TPSA) is 84.9 Å². The standard InChI is InChI=1S/C14H23NO5/c1-2-9-19-10-5-8-12(13(16)17)15-14(18)20-11-6-3-4-7-11/h2,11-12H,1,3-10H2,(H,15,18)(H,16,17). The molecule has 0 spiro atoms. The van der Waals surface area contributed by atoms with Crippen LogP contribution < -0.4 is 5.32 Å². The summed E-state index contributed by atoms with van der Waals surface area (Å²) in [6.45, 7) is 4.40. The second-order valence-electron chi connectivity index (χ2n) is 4.85. The number of carbonyl (C=O) groups is 2. The summed E-state index contributed by atoms with van der Waals surface area (Å²) in [6.07, 6.45) is 5.62. The van der Waals surface area contributed by atoms with Crippen LogP contribution in [0.25, 0.3) is 0 Å². The third-order valence-electron chi connectivity index (χ3n) is 3.18. The van der Waals surface area contributed by atoms with Gasteiger partial charge < -0.3 is 19.9 Å². The van der Waals surface area contributed by atoms with E-state index < -0.39 is 18.1 Å². The van der Waals surface area contributed by atoms with E-state index in [0.29, 0.717) is 26.1 Å². The van der Waals surface area contributed by atoms with Crippen LogP contribution in [0.4, 0.5) is 4.79 Å². The van der Waals surface area contributed by atoms with Crippen molar-refractivity contribution in [3.8, 4) is 0 Å². The summed E-state index contributed by atoms with van der Waals surface area (Å²) in [6, 6.07) is -0.934. The molecule has 0 aromatic carbocycles. The molecule has 0 aromatic rings. The van der Waals surface area contributed by atoms with Crippen LogP contribution in [0.1, 0.15) is 38.5 Å². The fourth-order valence-electron chi connectivity index (χ4n) is 2.15. The molecule has 0 bridgehead atoms. The highest BCUT2D eigenvalue weighted by Gasteiger charge is 2.24. The number of hydrogen-bond acceptors (Lipinski definition) is 4. The summed E-state index contributed by atoms with van der Waals surface area (Å²) < 4.78 is 10.3. The Bertz CT molecular complexity index is 326. The molecule has 2 N–H and O–H groups in total. The van der Waals surface area contributed by atoms with E-state index in [4.69, 9.17) is 14.6 Å². The molecule has 1 saturated carbocycles. The van der Waals surface area contributed by atoms with Crippen LogP contribution in [0.5, 0.6) is 0 Å². The van der Waals surface area contributed by atoms with Crippen LogP contribution in [0.3, 0.4) is 0 Å².